The standard InChI is InChI=1S/C14H15FN2O2S/c15-9-3-1-2-8-10(6-7-20-13(8)9)16-11-4-5-12(18)17-14(11)19/h1-3,10-11,16H,4-7H2,(H,17,18,19). The number of carbonyl (C=O) groups excluding carboxylic acids is 2. The first kappa shape index (κ1) is 13.6. The number of amides is 2. The Bertz CT molecular complexity index is 564. The maximum absolute atomic E-state index is 13.8. The molecule has 0 aromatic heterocycles. The zero-order valence-electron chi connectivity index (χ0n) is 10.8. The van der Waals surface area contributed by atoms with Gasteiger partial charge in [0.25, 0.3) is 0 Å². The van der Waals surface area contributed by atoms with Crippen molar-refractivity contribution in [2.24, 2.45) is 0 Å². The van der Waals surface area contributed by atoms with Crippen molar-refractivity contribution in [2.75, 3.05) is 5.75 Å². The van der Waals surface area contributed by atoms with Crippen molar-refractivity contribution in [3.8, 4) is 0 Å². The lowest BCUT2D eigenvalue weighted by molar-refractivity contribution is -0.134. The van der Waals surface area contributed by atoms with Crippen molar-refractivity contribution in [3.63, 3.8) is 0 Å². The maximum atomic E-state index is 13.8. The van der Waals surface area contributed by atoms with Crippen molar-refractivity contribution in [2.45, 2.75) is 36.2 Å². The van der Waals surface area contributed by atoms with E-state index in [1.54, 1.807) is 6.07 Å². The largest absolute Gasteiger partial charge is 0.299 e. The van der Waals surface area contributed by atoms with Crippen molar-refractivity contribution < 1.29 is 14.0 Å². The number of carbonyl (C=O) groups is 2. The van der Waals surface area contributed by atoms with E-state index in [1.807, 2.05) is 6.07 Å². The summed E-state index contributed by atoms with van der Waals surface area (Å²) in [6.07, 6.45) is 1.69. The topological polar surface area (TPSA) is 58.2 Å². The third kappa shape index (κ3) is 2.58. The van der Waals surface area contributed by atoms with Gasteiger partial charge in [-0.05, 0) is 30.2 Å². The molecule has 4 nitrogen and oxygen atoms in total. The zero-order valence-corrected chi connectivity index (χ0v) is 11.6. The monoisotopic (exact) mass is 294 g/mol. The predicted molar refractivity (Wildman–Crippen MR) is 73.8 cm³/mol. The van der Waals surface area contributed by atoms with Crippen LogP contribution in [0, 0.1) is 5.82 Å². The predicted octanol–water partition coefficient (Wildman–Crippen LogP) is 1.76. The number of benzene rings is 1. The van der Waals surface area contributed by atoms with E-state index in [1.165, 1.54) is 17.8 Å². The molecule has 2 aliphatic heterocycles. The Kier molecular flexibility index (Phi) is 3.76. The van der Waals surface area contributed by atoms with Gasteiger partial charge < -0.3 is 0 Å². The van der Waals surface area contributed by atoms with Crippen molar-refractivity contribution >= 4 is 23.6 Å². The first-order chi connectivity index (χ1) is 9.65. The van der Waals surface area contributed by atoms with E-state index < -0.39 is 0 Å². The molecule has 0 aliphatic carbocycles. The van der Waals surface area contributed by atoms with Gasteiger partial charge in [-0.15, -0.1) is 11.8 Å². The molecule has 1 aromatic rings. The highest BCUT2D eigenvalue weighted by molar-refractivity contribution is 7.99. The van der Waals surface area contributed by atoms with Crippen LogP contribution >= 0.6 is 11.8 Å². The molecule has 3 rings (SSSR count). The molecule has 2 atom stereocenters. The number of hydrogen-bond donors (Lipinski definition) is 2. The fraction of sp³-hybridized carbons (Fsp3) is 0.429. The minimum Gasteiger partial charge on any atom is -0.299 e. The fourth-order valence-corrected chi connectivity index (χ4v) is 3.80. The summed E-state index contributed by atoms with van der Waals surface area (Å²) >= 11 is 1.51. The van der Waals surface area contributed by atoms with Gasteiger partial charge >= 0.3 is 0 Å². The van der Waals surface area contributed by atoms with Crippen LogP contribution in [-0.2, 0) is 9.59 Å². The molecule has 2 aliphatic rings. The van der Waals surface area contributed by atoms with E-state index in [0.717, 1.165) is 17.7 Å². The van der Waals surface area contributed by atoms with Crippen LogP contribution < -0.4 is 10.6 Å². The molecule has 2 amide bonds. The van der Waals surface area contributed by atoms with E-state index >= 15 is 0 Å². The van der Waals surface area contributed by atoms with Crippen LogP contribution in [0.3, 0.4) is 0 Å². The molecule has 2 heterocycles. The van der Waals surface area contributed by atoms with Crippen LogP contribution in [0.2, 0.25) is 0 Å². The molecule has 0 radical (unpaired) electrons. The van der Waals surface area contributed by atoms with Gasteiger partial charge in [0.1, 0.15) is 5.82 Å². The van der Waals surface area contributed by atoms with Crippen molar-refractivity contribution in [1.82, 2.24) is 10.6 Å². The van der Waals surface area contributed by atoms with E-state index in [-0.39, 0.29) is 29.7 Å². The molecule has 6 heteroatoms. The summed E-state index contributed by atoms with van der Waals surface area (Å²) in [6, 6.07) is 4.64. The van der Waals surface area contributed by atoms with Gasteiger partial charge in [0, 0.05) is 17.4 Å². The summed E-state index contributed by atoms with van der Waals surface area (Å²) in [4.78, 5) is 23.6. The highest BCUT2D eigenvalue weighted by Gasteiger charge is 2.31. The third-order valence-corrected chi connectivity index (χ3v) is 4.83. The summed E-state index contributed by atoms with van der Waals surface area (Å²) in [5.74, 6) is 0.109. The normalized spacial score (nSPS) is 26.1. The van der Waals surface area contributed by atoms with Gasteiger partial charge in [0.15, 0.2) is 0 Å². The second kappa shape index (κ2) is 5.54. The average Bonchev–Trinajstić information content (AvgIpc) is 2.43. The molecular formula is C14H15FN2O2S. The summed E-state index contributed by atoms with van der Waals surface area (Å²) in [5, 5.41) is 5.60. The third-order valence-electron chi connectivity index (χ3n) is 3.67. The molecular weight excluding hydrogens is 279 g/mol. The van der Waals surface area contributed by atoms with Gasteiger partial charge in [0.2, 0.25) is 11.8 Å². The van der Waals surface area contributed by atoms with Crippen LogP contribution in [0.25, 0.3) is 0 Å². The Balaban J connectivity index is 1.78. The van der Waals surface area contributed by atoms with Crippen molar-refractivity contribution in [1.29, 1.82) is 0 Å². The lowest BCUT2D eigenvalue weighted by Gasteiger charge is -2.31. The molecule has 1 saturated heterocycles. The maximum Gasteiger partial charge on any atom is 0.243 e. The summed E-state index contributed by atoms with van der Waals surface area (Å²) in [7, 11) is 0. The first-order valence-electron chi connectivity index (χ1n) is 6.66. The Labute approximate surface area is 120 Å². The van der Waals surface area contributed by atoms with Gasteiger partial charge in [-0.25, -0.2) is 4.39 Å². The van der Waals surface area contributed by atoms with Crippen molar-refractivity contribution in [3.05, 3.63) is 29.6 Å². The first-order valence-corrected chi connectivity index (χ1v) is 7.64. The highest BCUT2D eigenvalue weighted by atomic mass is 32.2. The van der Waals surface area contributed by atoms with Gasteiger partial charge in [0.05, 0.1) is 6.04 Å². The quantitative estimate of drug-likeness (QED) is 0.816. The molecule has 2 N–H and O–H groups in total. The molecule has 2 unspecified atom stereocenters. The Morgan fingerprint density at radius 1 is 1.25 bits per heavy atom. The summed E-state index contributed by atoms with van der Waals surface area (Å²) in [6.45, 7) is 0. The van der Waals surface area contributed by atoms with E-state index in [2.05, 4.69) is 10.6 Å². The molecule has 106 valence electrons. The molecule has 0 spiro atoms. The summed E-state index contributed by atoms with van der Waals surface area (Å²) in [5.41, 5.74) is 0.908. The van der Waals surface area contributed by atoms with Crippen LogP contribution in [0.1, 0.15) is 30.9 Å². The van der Waals surface area contributed by atoms with E-state index in [0.29, 0.717) is 17.7 Å². The number of halogens is 1. The zero-order chi connectivity index (χ0) is 14.1. The van der Waals surface area contributed by atoms with Crippen LogP contribution in [-0.4, -0.2) is 23.6 Å². The molecule has 20 heavy (non-hydrogen) atoms. The Hall–Kier alpha value is -1.40. The second-order valence-electron chi connectivity index (χ2n) is 5.02. The molecule has 0 bridgehead atoms. The number of hydrogen-bond acceptors (Lipinski definition) is 4. The van der Waals surface area contributed by atoms with Crippen LogP contribution in [0.5, 0.6) is 0 Å². The molecule has 1 aromatic carbocycles. The average molecular weight is 294 g/mol. The van der Waals surface area contributed by atoms with E-state index in [4.69, 9.17) is 0 Å². The lowest BCUT2D eigenvalue weighted by atomic mass is 9.99. The smallest absolute Gasteiger partial charge is 0.243 e. The number of fused-ring (bicyclic) bond motifs is 1. The minimum absolute atomic E-state index is 0.0362. The number of imide groups is 1. The lowest BCUT2D eigenvalue weighted by Crippen LogP contribution is -2.51. The highest BCUT2D eigenvalue weighted by Crippen LogP contribution is 2.38. The Morgan fingerprint density at radius 2 is 2.10 bits per heavy atom. The minimum atomic E-state index is -0.378. The van der Waals surface area contributed by atoms with Crippen LogP contribution in [0.15, 0.2) is 23.1 Å². The SMILES string of the molecule is O=C1CCC(NC2CCSc3c(F)cccc32)C(=O)N1. The number of rotatable bonds is 2. The molecule has 0 saturated carbocycles. The Morgan fingerprint density at radius 3 is 2.90 bits per heavy atom. The molecule has 1 fully saturated rings. The van der Waals surface area contributed by atoms with E-state index in [9.17, 15) is 14.0 Å². The van der Waals surface area contributed by atoms with Gasteiger partial charge in [-0.2, -0.15) is 0 Å². The number of nitrogens with one attached hydrogen (secondary N) is 2. The van der Waals surface area contributed by atoms with Gasteiger partial charge in [-0.1, -0.05) is 12.1 Å². The second-order valence-corrected chi connectivity index (χ2v) is 6.12. The summed E-state index contributed by atoms with van der Waals surface area (Å²) < 4.78 is 13.8. The number of thioether (sulfide) groups is 1. The number of piperidine rings is 1. The fourth-order valence-electron chi connectivity index (χ4n) is 2.66. The van der Waals surface area contributed by atoms with Crippen LogP contribution in [0.4, 0.5) is 4.39 Å². The van der Waals surface area contributed by atoms with Gasteiger partial charge in [-0.3, -0.25) is 20.2 Å².